The Hall–Kier alpha value is -2.07. The van der Waals surface area contributed by atoms with Crippen molar-refractivity contribution in [1.29, 1.82) is 0 Å². The van der Waals surface area contributed by atoms with Crippen LogP contribution in [0, 0.1) is 5.82 Å². The molecule has 1 heterocycles. The molecule has 1 unspecified atom stereocenters. The smallest absolute Gasteiger partial charge is 0.161 e. The van der Waals surface area contributed by atoms with Crippen molar-refractivity contribution in [2.45, 2.75) is 18.9 Å². The van der Waals surface area contributed by atoms with Crippen molar-refractivity contribution in [3.63, 3.8) is 0 Å². The van der Waals surface area contributed by atoms with Gasteiger partial charge < -0.3 is 15.2 Å². The number of hydrogen-bond donors (Lipinski definition) is 1. The number of fused-ring (bicyclic) bond motifs is 1. The standard InChI is InChI=1S/C17H18FNO2/c1-17(19,11-12-3-2-4-14(18)9-12)13-5-6-15-16(10-13)21-8-7-20-15/h2-6,9-10H,7-8,11,19H2,1H3. The Labute approximate surface area is 123 Å². The van der Waals surface area contributed by atoms with Crippen molar-refractivity contribution < 1.29 is 13.9 Å². The van der Waals surface area contributed by atoms with Crippen LogP contribution in [0.1, 0.15) is 18.1 Å². The first kappa shape index (κ1) is 13.9. The summed E-state index contributed by atoms with van der Waals surface area (Å²) < 4.78 is 24.4. The highest BCUT2D eigenvalue weighted by Gasteiger charge is 2.24. The first-order valence-corrected chi connectivity index (χ1v) is 6.98. The minimum atomic E-state index is -0.608. The van der Waals surface area contributed by atoms with E-state index in [1.165, 1.54) is 12.1 Å². The predicted octanol–water partition coefficient (Wildman–Crippen LogP) is 3.01. The molecule has 0 saturated carbocycles. The highest BCUT2D eigenvalue weighted by atomic mass is 19.1. The fourth-order valence-electron chi connectivity index (χ4n) is 2.57. The minimum absolute atomic E-state index is 0.245. The van der Waals surface area contributed by atoms with Crippen LogP contribution in [0.25, 0.3) is 0 Å². The molecule has 2 aromatic carbocycles. The molecule has 0 aliphatic carbocycles. The number of rotatable bonds is 3. The van der Waals surface area contributed by atoms with E-state index in [-0.39, 0.29) is 5.82 Å². The van der Waals surface area contributed by atoms with Crippen LogP contribution in [0.5, 0.6) is 11.5 Å². The second kappa shape index (κ2) is 5.37. The van der Waals surface area contributed by atoms with Gasteiger partial charge >= 0.3 is 0 Å². The molecule has 0 amide bonds. The minimum Gasteiger partial charge on any atom is -0.486 e. The fourth-order valence-corrected chi connectivity index (χ4v) is 2.57. The maximum atomic E-state index is 13.3. The summed E-state index contributed by atoms with van der Waals surface area (Å²) in [4.78, 5) is 0. The second-order valence-electron chi connectivity index (χ2n) is 5.58. The molecule has 2 N–H and O–H groups in total. The molecule has 0 bridgehead atoms. The van der Waals surface area contributed by atoms with Gasteiger partial charge in [0, 0.05) is 5.54 Å². The molecular weight excluding hydrogens is 269 g/mol. The molecule has 3 nitrogen and oxygen atoms in total. The molecule has 3 rings (SSSR count). The van der Waals surface area contributed by atoms with E-state index in [0.29, 0.717) is 19.6 Å². The Morgan fingerprint density at radius 1 is 1.10 bits per heavy atom. The average molecular weight is 287 g/mol. The molecule has 2 aromatic rings. The van der Waals surface area contributed by atoms with Gasteiger partial charge in [0.2, 0.25) is 0 Å². The van der Waals surface area contributed by atoms with Crippen LogP contribution in [0.2, 0.25) is 0 Å². The molecule has 110 valence electrons. The summed E-state index contributed by atoms with van der Waals surface area (Å²) in [5, 5.41) is 0. The van der Waals surface area contributed by atoms with Crippen LogP contribution in [0.4, 0.5) is 4.39 Å². The summed E-state index contributed by atoms with van der Waals surface area (Å²) >= 11 is 0. The van der Waals surface area contributed by atoms with E-state index in [2.05, 4.69) is 0 Å². The molecule has 0 fully saturated rings. The Balaban J connectivity index is 1.87. The van der Waals surface area contributed by atoms with Crippen molar-refractivity contribution in [2.24, 2.45) is 5.73 Å². The molecule has 0 radical (unpaired) electrons. The topological polar surface area (TPSA) is 44.5 Å². The second-order valence-corrected chi connectivity index (χ2v) is 5.58. The van der Waals surface area contributed by atoms with Crippen LogP contribution < -0.4 is 15.2 Å². The van der Waals surface area contributed by atoms with Crippen LogP contribution in [-0.4, -0.2) is 13.2 Å². The largest absolute Gasteiger partial charge is 0.486 e. The van der Waals surface area contributed by atoms with Crippen molar-refractivity contribution in [2.75, 3.05) is 13.2 Å². The van der Waals surface area contributed by atoms with E-state index in [4.69, 9.17) is 15.2 Å². The Morgan fingerprint density at radius 2 is 1.86 bits per heavy atom. The molecule has 1 aliphatic heterocycles. The van der Waals surface area contributed by atoms with Crippen LogP contribution in [0.3, 0.4) is 0 Å². The van der Waals surface area contributed by atoms with Crippen molar-refractivity contribution in [1.82, 2.24) is 0 Å². The third-order valence-corrected chi connectivity index (χ3v) is 3.66. The van der Waals surface area contributed by atoms with Gasteiger partial charge in [-0.05, 0) is 48.7 Å². The molecule has 0 aromatic heterocycles. The molecule has 1 atom stereocenters. The Kier molecular flexibility index (Phi) is 3.55. The van der Waals surface area contributed by atoms with Crippen LogP contribution in [0.15, 0.2) is 42.5 Å². The monoisotopic (exact) mass is 287 g/mol. The van der Waals surface area contributed by atoms with Gasteiger partial charge in [-0.1, -0.05) is 18.2 Å². The predicted molar refractivity (Wildman–Crippen MR) is 79.1 cm³/mol. The van der Waals surface area contributed by atoms with E-state index in [1.807, 2.05) is 31.2 Å². The highest BCUT2D eigenvalue weighted by molar-refractivity contribution is 5.46. The number of ether oxygens (including phenoxy) is 2. The third-order valence-electron chi connectivity index (χ3n) is 3.66. The van der Waals surface area contributed by atoms with Crippen LogP contribution >= 0.6 is 0 Å². The third kappa shape index (κ3) is 3.00. The summed E-state index contributed by atoms with van der Waals surface area (Å²) in [5.74, 6) is 1.21. The molecular formula is C17H18FNO2. The van der Waals surface area contributed by atoms with E-state index in [1.54, 1.807) is 6.07 Å². The summed E-state index contributed by atoms with van der Waals surface area (Å²) in [5.41, 5.74) is 7.64. The molecule has 0 saturated heterocycles. The van der Waals surface area contributed by atoms with Gasteiger partial charge in [0.1, 0.15) is 19.0 Å². The Bertz CT molecular complexity index is 655. The van der Waals surface area contributed by atoms with E-state index >= 15 is 0 Å². The summed E-state index contributed by atoms with van der Waals surface area (Å²) in [6.45, 7) is 3.04. The van der Waals surface area contributed by atoms with Crippen molar-refractivity contribution >= 4 is 0 Å². The zero-order valence-electron chi connectivity index (χ0n) is 11.9. The molecule has 21 heavy (non-hydrogen) atoms. The Morgan fingerprint density at radius 3 is 2.62 bits per heavy atom. The zero-order chi connectivity index (χ0) is 14.9. The fraction of sp³-hybridized carbons (Fsp3) is 0.294. The molecule has 1 aliphatic rings. The summed E-state index contributed by atoms with van der Waals surface area (Å²) in [6.07, 6.45) is 0.546. The maximum Gasteiger partial charge on any atom is 0.161 e. The average Bonchev–Trinajstić information content (AvgIpc) is 2.46. The van der Waals surface area contributed by atoms with Gasteiger partial charge in [-0.25, -0.2) is 4.39 Å². The zero-order valence-corrected chi connectivity index (χ0v) is 11.9. The van der Waals surface area contributed by atoms with Gasteiger partial charge in [0.25, 0.3) is 0 Å². The number of nitrogens with two attached hydrogens (primary N) is 1. The lowest BCUT2D eigenvalue weighted by Crippen LogP contribution is -2.35. The van der Waals surface area contributed by atoms with Gasteiger partial charge in [0.05, 0.1) is 0 Å². The number of hydrogen-bond acceptors (Lipinski definition) is 3. The van der Waals surface area contributed by atoms with Gasteiger partial charge in [-0.15, -0.1) is 0 Å². The first-order valence-electron chi connectivity index (χ1n) is 6.98. The van der Waals surface area contributed by atoms with Crippen molar-refractivity contribution in [3.05, 3.63) is 59.4 Å². The summed E-state index contributed by atoms with van der Waals surface area (Å²) in [7, 11) is 0. The van der Waals surface area contributed by atoms with E-state index in [0.717, 1.165) is 22.6 Å². The van der Waals surface area contributed by atoms with E-state index in [9.17, 15) is 4.39 Å². The first-order chi connectivity index (χ1) is 10.0. The lowest BCUT2D eigenvalue weighted by atomic mass is 9.86. The molecule has 4 heteroatoms. The van der Waals surface area contributed by atoms with Gasteiger partial charge in [0.15, 0.2) is 11.5 Å². The lowest BCUT2D eigenvalue weighted by Gasteiger charge is -2.27. The number of halogens is 1. The van der Waals surface area contributed by atoms with Crippen molar-refractivity contribution in [3.8, 4) is 11.5 Å². The van der Waals surface area contributed by atoms with Gasteiger partial charge in [-0.2, -0.15) is 0 Å². The summed E-state index contributed by atoms with van der Waals surface area (Å²) in [6, 6.07) is 12.3. The quantitative estimate of drug-likeness (QED) is 0.943. The number of benzene rings is 2. The molecule has 0 spiro atoms. The highest BCUT2D eigenvalue weighted by Crippen LogP contribution is 2.34. The van der Waals surface area contributed by atoms with E-state index < -0.39 is 5.54 Å². The lowest BCUT2D eigenvalue weighted by molar-refractivity contribution is 0.171. The van der Waals surface area contributed by atoms with Crippen LogP contribution in [-0.2, 0) is 12.0 Å². The SMILES string of the molecule is CC(N)(Cc1cccc(F)c1)c1ccc2c(c1)OCCO2. The van der Waals surface area contributed by atoms with Gasteiger partial charge in [-0.3, -0.25) is 0 Å². The maximum absolute atomic E-state index is 13.3. The normalized spacial score (nSPS) is 16.3.